The standard InChI is InChI=1S/C12H22N2/c1-9(2)14-8-6-12-5-7-13-10(12)3-4-11(12)14/h9-11,13H,3-8H2,1-2H3/t10-,11?,12+/m1/s1. The minimum atomic E-state index is 0.685. The van der Waals surface area contributed by atoms with Gasteiger partial charge in [-0.25, -0.2) is 0 Å². The van der Waals surface area contributed by atoms with Gasteiger partial charge in [0.05, 0.1) is 0 Å². The lowest BCUT2D eigenvalue weighted by atomic mass is 9.79. The number of hydrogen-bond donors (Lipinski definition) is 1. The Morgan fingerprint density at radius 3 is 2.93 bits per heavy atom. The summed E-state index contributed by atoms with van der Waals surface area (Å²) >= 11 is 0. The second-order valence-electron chi connectivity index (χ2n) is 5.66. The minimum absolute atomic E-state index is 0.685. The van der Waals surface area contributed by atoms with Crippen LogP contribution in [-0.4, -0.2) is 36.1 Å². The van der Waals surface area contributed by atoms with Gasteiger partial charge in [-0.15, -0.1) is 0 Å². The third-order valence-electron chi connectivity index (χ3n) is 4.97. The van der Waals surface area contributed by atoms with Crippen LogP contribution >= 0.6 is 0 Å². The summed E-state index contributed by atoms with van der Waals surface area (Å²) in [5.74, 6) is 0. The molecule has 0 bridgehead atoms. The van der Waals surface area contributed by atoms with Crippen molar-refractivity contribution in [3.8, 4) is 0 Å². The maximum absolute atomic E-state index is 3.71. The van der Waals surface area contributed by atoms with Crippen LogP contribution in [0.15, 0.2) is 0 Å². The van der Waals surface area contributed by atoms with Crippen LogP contribution in [0.25, 0.3) is 0 Å². The molecule has 1 unspecified atom stereocenters. The highest BCUT2D eigenvalue weighted by Crippen LogP contribution is 2.53. The summed E-state index contributed by atoms with van der Waals surface area (Å²) in [5, 5.41) is 3.71. The molecule has 2 heteroatoms. The van der Waals surface area contributed by atoms with Crippen molar-refractivity contribution in [3.05, 3.63) is 0 Å². The first-order valence-corrected chi connectivity index (χ1v) is 6.23. The largest absolute Gasteiger partial charge is 0.313 e. The molecule has 2 aliphatic heterocycles. The number of likely N-dealkylation sites (tertiary alicyclic amines) is 1. The molecule has 3 aliphatic rings. The molecule has 2 saturated heterocycles. The first kappa shape index (κ1) is 9.17. The highest BCUT2D eigenvalue weighted by Gasteiger charge is 2.57. The molecule has 1 spiro atoms. The molecule has 0 aromatic rings. The van der Waals surface area contributed by atoms with E-state index in [0.29, 0.717) is 5.41 Å². The Labute approximate surface area is 87.0 Å². The van der Waals surface area contributed by atoms with Gasteiger partial charge in [0.2, 0.25) is 0 Å². The van der Waals surface area contributed by atoms with Crippen LogP contribution in [0.5, 0.6) is 0 Å². The summed E-state index contributed by atoms with van der Waals surface area (Å²) in [6, 6.07) is 2.51. The lowest BCUT2D eigenvalue weighted by Gasteiger charge is -2.33. The highest BCUT2D eigenvalue weighted by molar-refractivity contribution is 5.13. The van der Waals surface area contributed by atoms with E-state index in [4.69, 9.17) is 0 Å². The van der Waals surface area contributed by atoms with Gasteiger partial charge in [0.15, 0.2) is 0 Å². The zero-order valence-electron chi connectivity index (χ0n) is 9.42. The molecule has 0 aromatic heterocycles. The normalized spacial score (nSPS) is 47.4. The predicted octanol–water partition coefficient (Wildman–Crippen LogP) is 1.61. The highest BCUT2D eigenvalue weighted by atomic mass is 15.2. The van der Waals surface area contributed by atoms with Crippen LogP contribution in [0.4, 0.5) is 0 Å². The van der Waals surface area contributed by atoms with Crippen molar-refractivity contribution in [2.45, 2.75) is 57.7 Å². The van der Waals surface area contributed by atoms with E-state index in [1.807, 2.05) is 0 Å². The third-order valence-corrected chi connectivity index (χ3v) is 4.97. The summed E-state index contributed by atoms with van der Waals surface area (Å²) < 4.78 is 0. The molecule has 2 nitrogen and oxygen atoms in total. The van der Waals surface area contributed by atoms with Crippen LogP contribution in [0.2, 0.25) is 0 Å². The third kappa shape index (κ3) is 0.989. The Balaban J connectivity index is 1.88. The number of hydrogen-bond acceptors (Lipinski definition) is 2. The second kappa shape index (κ2) is 2.96. The predicted molar refractivity (Wildman–Crippen MR) is 58.3 cm³/mol. The summed E-state index contributed by atoms with van der Waals surface area (Å²) in [6.07, 6.45) is 5.75. The lowest BCUT2D eigenvalue weighted by Crippen LogP contribution is -2.42. The van der Waals surface area contributed by atoms with Gasteiger partial charge in [-0.1, -0.05) is 0 Å². The summed E-state index contributed by atoms with van der Waals surface area (Å²) in [5.41, 5.74) is 0.685. The molecular formula is C12H22N2. The summed E-state index contributed by atoms with van der Waals surface area (Å²) in [6.45, 7) is 7.33. The van der Waals surface area contributed by atoms with Gasteiger partial charge in [-0.05, 0) is 52.6 Å². The van der Waals surface area contributed by atoms with E-state index in [0.717, 1.165) is 18.1 Å². The molecule has 14 heavy (non-hydrogen) atoms. The van der Waals surface area contributed by atoms with Crippen molar-refractivity contribution < 1.29 is 0 Å². The number of rotatable bonds is 1. The van der Waals surface area contributed by atoms with Crippen LogP contribution in [0.1, 0.15) is 39.5 Å². The Hall–Kier alpha value is -0.0800. The van der Waals surface area contributed by atoms with E-state index in [2.05, 4.69) is 24.1 Å². The topological polar surface area (TPSA) is 15.3 Å². The van der Waals surface area contributed by atoms with Crippen LogP contribution in [0, 0.1) is 5.41 Å². The van der Waals surface area contributed by atoms with Crippen molar-refractivity contribution in [3.63, 3.8) is 0 Å². The van der Waals surface area contributed by atoms with E-state index in [9.17, 15) is 0 Å². The lowest BCUT2D eigenvalue weighted by molar-refractivity contribution is 0.151. The van der Waals surface area contributed by atoms with Crippen molar-refractivity contribution >= 4 is 0 Å². The Morgan fingerprint density at radius 1 is 1.29 bits per heavy atom. The Morgan fingerprint density at radius 2 is 2.14 bits per heavy atom. The van der Waals surface area contributed by atoms with Crippen molar-refractivity contribution in [1.29, 1.82) is 0 Å². The molecule has 3 rings (SSSR count). The maximum Gasteiger partial charge on any atom is 0.0171 e. The smallest absolute Gasteiger partial charge is 0.0171 e. The SMILES string of the molecule is CC(C)N1CC[C@@]23CCN[C@@H]2CCC13. The molecule has 3 atom stereocenters. The first-order chi connectivity index (χ1) is 6.74. The van der Waals surface area contributed by atoms with Crippen molar-refractivity contribution in [2.75, 3.05) is 13.1 Å². The fourth-order valence-electron chi connectivity index (χ4n) is 4.33. The monoisotopic (exact) mass is 194 g/mol. The molecule has 1 N–H and O–H groups in total. The van der Waals surface area contributed by atoms with Gasteiger partial charge in [-0.2, -0.15) is 0 Å². The zero-order chi connectivity index (χ0) is 9.76. The average molecular weight is 194 g/mol. The van der Waals surface area contributed by atoms with Gasteiger partial charge in [0, 0.05) is 23.5 Å². The van der Waals surface area contributed by atoms with E-state index in [1.54, 1.807) is 0 Å². The van der Waals surface area contributed by atoms with Gasteiger partial charge >= 0.3 is 0 Å². The van der Waals surface area contributed by atoms with Crippen LogP contribution in [0.3, 0.4) is 0 Å². The van der Waals surface area contributed by atoms with Gasteiger partial charge < -0.3 is 5.32 Å². The Kier molecular flexibility index (Phi) is 1.94. The second-order valence-corrected chi connectivity index (χ2v) is 5.66. The Bertz CT molecular complexity index is 238. The summed E-state index contributed by atoms with van der Waals surface area (Å²) in [4.78, 5) is 2.76. The molecule has 1 aliphatic carbocycles. The fourth-order valence-corrected chi connectivity index (χ4v) is 4.33. The molecule has 0 radical (unpaired) electrons. The quantitative estimate of drug-likeness (QED) is 0.682. The van der Waals surface area contributed by atoms with Crippen molar-refractivity contribution in [2.24, 2.45) is 5.41 Å². The minimum Gasteiger partial charge on any atom is -0.313 e. The molecule has 2 heterocycles. The van der Waals surface area contributed by atoms with E-state index in [-0.39, 0.29) is 0 Å². The van der Waals surface area contributed by atoms with E-state index >= 15 is 0 Å². The number of nitrogens with one attached hydrogen (secondary N) is 1. The molecular weight excluding hydrogens is 172 g/mol. The van der Waals surface area contributed by atoms with E-state index in [1.165, 1.54) is 38.8 Å². The van der Waals surface area contributed by atoms with Gasteiger partial charge in [-0.3, -0.25) is 4.90 Å². The fraction of sp³-hybridized carbons (Fsp3) is 1.00. The average Bonchev–Trinajstić information content (AvgIpc) is 2.71. The number of nitrogens with zero attached hydrogens (tertiary/aromatic N) is 1. The molecule has 0 amide bonds. The van der Waals surface area contributed by atoms with Gasteiger partial charge in [0.25, 0.3) is 0 Å². The zero-order valence-corrected chi connectivity index (χ0v) is 9.42. The molecule has 3 fully saturated rings. The maximum atomic E-state index is 3.71. The first-order valence-electron chi connectivity index (χ1n) is 6.23. The molecule has 0 aromatic carbocycles. The molecule has 80 valence electrons. The van der Waals surface area contributed by atoms with Crippen LogP contribution in [-0.2, 0) is 0 Å². The van der Waals surface area contributed by atoms with Crippen molar-refractivity contribution in [1.82, 2.24) is 10.2 Å². The molecule has 1 saturated carbocycles. The van der Waals surface area contributed by atoms with Crippen LogP contribution < -0.4 is 5.32 Å². The van der Waals surface area contributed by atoms with Gasteiger partial charge in [0.1, 0.15) is 0 Å². The summed E-state index contributed by atoms with van der Waals surface area (Å²) in [7, 11) is 0. The van der Waals surface area contributed by atoms with E-state index < -0.39 is 0 Å².